The molecule has 0 aliphatic heterocycles. The van der Waals surface area contributed by atoms with Gasteiger partial charge in [-0.25, -0.2) is 0 Å². The Bertz CT molecular complexity index is 359. The molecule has 1 saturated carbocycles. The lowest BCUT2D eigenvalue weighted by Gasteiger charge is -2.12. The minimum absolute atomic E-state index is 0.389. The summed E-state index contributed by atoms with van der Waals surface area (Å²) >= 11 is 3.51. The van der Waals surface area contributed by atoms with Crippen molar-refractivity contribution in [1.29, 1.82) is 0 Å². The summed E-state index contributed by atoms with van der Waals surface area (Å²) in [5.74, 6) is 0.897. The Morgan fingerprint density at radius 1 is 1.47 bits per heavy atom. The minimum atomic E-state index is -0.389. The molecule has 0 bridgehead atoms. The molecule has 1 aliphatic rings. The maximum absolute atomic E-state index is 9.79. The van der Waals surface area contributed by atoms with Crippen molar-refractivity contribution in [3.63, 3.8) is 0 Å². The number of hydrogen-bond donors (Lipinski definition) is 1. The highest BCUT2D eigenvalue weighted by atomic mass is 79.9. The number of rotatable bonds is 4. The molecule has 0 unspecified atom stereocenters. The number of ether oxygens (including phenoxy) is 1. The van der Waals surface area contributed by atoms with Crippen LogP contribution >= 0.6 is 15.9 Å². The molecule has 2 nitrogen and oxygen atoms in total. The third-order valence-corrected chi connectivity index (χ3v) is 3.71. The maximum atomic E-state index is 9.79. The van der Waals surface area contributed by atoms with E-state index in [9.17, 15) is 5.11 Å². The van der Waals surface area contributed by atoms with Gasteiger partial charge in [0.2, 0.25) is 0 Å². The highest BCUT2D eigenvalue weighted by molar-refractivity contribution is 9.10. The van der Waals surface area contributed by atoms with E-state index in [1.807, 2.05) is 18.2 Å². The molecule has 3 heteroatoms. The van der Waals surface area contributed by atoms with E-state index in [1.54, 1.807) is 7.11 Å². The second-order valence-corrected chi connectivity index (χ2v) is 5.00. The maximum Gasteiger partial charge on any atom is 0.123 e. The quantitative estimate of drug-likeness (QED) is 0.912. The molecule has 0 atom stereocenters. The lowest BCUT2D eigenvalue weighted by atomic mass is 10.0. The fourth-order valence-electron chi connectivity index (χ4n) is 1.72. The molecule has 1 aliphatic carbocycles. The molecule has 0 spiro atoms. The normalized spacial score (nSPS) is 17.5. The molecule has 0 radical (unpaired) electrons. The highest BCUT2D eigenvalue weighted by Gasteiger charge is 2.39. The first kappa shape index (κ1) is 11.0. The van der Waals surface area contributed by atoms with Gasteiger partial charge in [0.25, 0.3) is 0 Å². The molecule has 1 aromatic carbocycles. The van der Waals surface area contributed by atoms with Crippen molar-refractivity contribution < 1.29 is 9.84 Å². The van der Waals surface area contributed by atoms with Gasteiger partial charge in [0, 0.05) is 10.0 Å². The summed E-state index contributed by atoms with van der Waals surface area (Å²) in [6.07, 6.45) is 3.58. The van der Waals surface area contributed by atoms with Gasteiger partial charge < -0.3 is 9.84 Å². The fourth-order valence-corrected chi connectivity index (χ4v) is 2.27. The third-order valence-electron chi connectivity index (χ3n) is 2.96. The van der Waals surface area contributed by atoms with Gasteiger partial charge in [0.15, 0.2) is 0 Å². The molecule has 0 heterocycles. The molecule has 82 valence electrons. The second kappa shape index (κ2) is 4.14. The predicted octanol–water partition coefficient (Wildman–Crippen LogP) is 2.92. The van der Waals surface area contributed by atoms with Crippen LogP contribution in [0.1, 0.15) is 24.8 Å². The van der Waals surface area contributed by atoms with Crippen molar-refractivity contribution in [3.8, 4) is 5.75 Å². The highest BCUT2D eigenvalue weighted by Crippen LogP contribution is 2.40. The molecule has 0 amide bonds. The van der Waals surface area contributed by atoms with Gasteiger partial charge in [-0.2, -0.15) is 0 Å². The number of aliphatic hydroxyl groups is 1. The van der Waals surface area contributed by atoms with Crippen molar-refractivity contribution in [2.75, 3.05) is 7.11 Å². The van der Waals surface area contributed by atoms with Crippen molar-refractivity contribution in [1.82, 2.24) is 0 Å². The van der Waals surface area contributed by atoms with Crippen molar-refractivity contribution >= 4 is 15.9 Å². The van der Waals surface area contributed by atoms with Crippen LogP contribution in [0.5, 0.6) is 5.75 Å². The van der Waals surface area contributed by atoms with Crippen LogP contribution in [0.25, 0.3) is 0 Å². The summed E-state index contributed by atoms with van der Waals surface area (Å²) in [7, 11) is 1.68. The number of benzene rings is 1. The summed E-state index contributed by atoms with van der Waals surface area (Å²) in [6.45, 7) is 0. The average Bonchev–Trinajstić information content (AvgIpc) is 2.95. The molecule has 2 rings (SSSR count). The standard InChI is InChI=1S/C12H15BrO2/c1-15-11-4-2-3-10(13)9(11)5-6-12(14)7-8-12/h2-4,14H,5-8H2,1H3. The van der Waals surface area contributed by atoms with Gasteiger partial charge in [-0.3, -0.25) is 0 Å². The van der Waals surface area contributed by atoms with Crippen LogP contribution in [0.4, 0.5) is 0 Å². The number of halogens is 1. The summed E-state index contributed by atoms with van der Waals surface area (Å²) < 4.78 is 6.36. The van der Waals surface area contributed by atoms with E-state index in [4.69, 9.17) is 4.74 Å². The molecule has 0 saturated heterocycles. The zero-order valence-electron chi connectivity index (χ0n) is 8.79. The van der Waals surface area contributed by atoms with Crippen LogP contribution in [-0.2, 0) is 6.42 Å². The largest absolute Gasteiger partial charge is 0.496 e. The van der Waals surface area contributed by atoms with Gasteiger partial charge in [-0.15, -0.1) is 0 Å². The van der Waals surface area contributed by atoms with Gasteiger partial charge in [-0.1, -0.05) is 22.0 Å². The summed E-state index contributed by atoms with van der Waals surface area (Å²) in [4.78, 5) is 0. The van der Waals surface area contributed by atoms with Crippen molar-refractivity contribution in [2.45, 2.75) is 31.3 Å². The molecule has 0 aromatic heterocycles. The zero-order valence-corrected chi connectivity index (χ0v) is 10.4. The van der Waals surface area contributed by atoms with E-state index in [-0.39, 0.29) is 5.60 Å². The Morgan fingerprint density at radius 3 is 2.80 bits per heavy atom. The Kier molecular flexibility index (Phi) is 3.03. The number of hydrogen-bond acceptors (Lipinski definition) is 2. The van der Waals surface area contributed by atoms with Gasteiger partial charge in [0.05, 0.1) is 12.7 Å². The fraction of sp³-hybridized carbons (Fsp3) is 0.500. The van der Waals surface area contributed by atoms with Crippen LogP contribution in [0, 0.1) is 0 Å². The minimum Gasteiger partial charge on any atom is -0.496 e. The van der Waals surface area contributed by atoms with Gasteiger partial charge in [-0.05, 0) is 37.8 Å². The van der Waals surface area contributed by atoms with Crippen LogP contribution < -0.4 is 4.74 Å². The monoisotopic (exact) mass is 270 g/mol. The van der Waals surface area contributed by atoms with Gasteiger partial charge in [0.1, 0.15) is 5.75 Å². The SMILES string of the molecule is COc1cccc(Br)c1CCC1(O)CC1. The molecule has 1 fully saturated rings. The van der Waals surface area contributed by atoms with Gasteiger partial charge >= 0.3 is 0 Å². The molecular weight excluding hydrogens is 256 g/mol. The van der Waals surface area contributed by atoms with Crippen molar-refractivity contribution in [3.05, 3.63) is 28.2 Å². The first-order valence-electron chi connectivity index (χ1n) is 5.18. The second-order valence-electron chi connectivity index (χ2n) is 4.14. The van der Waals surface area contributed by atoms with E-state index in [0.29, 0.717) is 0 Å². The summed E-state index contributed by atoms with van der Waals surface area (Å²) in [5.41, 5.74) is 0.764. The zero-order chi connectivity index (χ0) is 10.9. The van der Waals surface area contributed by atoms with Crippen LogP contribution in [0.15, 0.2) is 22.7 Å². The molecule has 15 heavy (non-hydrogen) atoms. The van der Waals surface area contributed by atoms with E-state index in [2.05, 4.69) is 15.9 Å². The van der Waals surface area contributed by atoms with Crippen LogP contribution in [0.3, 0.4) is 0 Å². The Balaban J connectivity index is 2.11. The number of methoxy groups -OCH3 is 1. The summed E-state index contributed by atoms with van der Waals surface area (Å²) in [6, 6.07) is 5.92. The Morgan fingerprint density at radius 2 is 2.20 bits per heavy atom. The van der Waals surface area contributed by atoms with Crippen LogP contribution in [0.2, 0.25) is 0 Å². The third kappa shape index (κ3) is 2.52. The van der Waals surface area contributed by atoms with E-state index in [0.717, 1.165) is 41.5 Å². The molecule has 1 N–H and O–H groups in total. The smallest absolute Gasteiger partial charge is 0.123 e. The predicted molar refractivity (Wildman–Crippen MR) is 63.2 cm³/mol. The van der Waals surface area contributed by atoms with Crippen molar-refractivity contribution in [2.24, 2.45) is 0 Å². The summed E-state index contributed by atoms with van der Waals surface area (Å²) in [5, 5.41) is 9.79. The van der Waals surface area contributed by atoms with E-state index >= 15 is 0 Å². The first-order chi connectivity index (χ1) is 7.14. The average molecular weight is 271 g/mol. The molecule has 1 aromatic rings. The van der Waals surface area contributed by atoms with E-state index in [1.165, 1.54) is 0 Å². The Hall–Kier alpha value is -0.540. The molecular formula is C12H15BrO2. The topological polar surface area (TPSA) is 29.5 Å². The lowest BCUT2D eigenvalue weighted by molar-refractivity contribution is 0.140. The van der Waals surface area contributed by atoms with E-state index < -0.39 is 0 Å². The van der Waals surface area contributed by atoms with Crippen LogP contribution in [-0.4, -0.2) is 17.8 Å². The lowest BCUT2D eigenvalue weighted by Crippen LogP contribution is -2.08. The Labute approximate surface area is 98.4 Å². The first-order valence-corrected chi connectivity index (χ1v) is 5.98.